The van der Waals surface area contributed by atoms with E-state index in [-0.39, 0.29) is 5.75 Å². The van der Waals surface area contributed by atoms with E-state index >= 15 is 0 Å². The molecule has 0 aliphatic rings. The first kappa shape index (κ1) is 22.3. The second kappa shape index (κ2) is 8.86. The van der Waals surface area contributed by atoms with Gasteiger partial charge in [0.1, 0.15) is 11.6 Å². The predicted molar refractivity (Wildman–Crippen MR) is 156 cm³/mol. The van der Waals surface area contributed by atoms with Crippen molar-refractivity contribution in [1.82, 2.24) is 14.5 Å². The third kappa shape index (κ3) is 3.53. The Morgan fingerprint density at radius 3 is 2.26 bits per heavy atom. The second-order valence-corrected chi connectivity index (χ2v) is 9.53. The lowest BCUT2D eigenvalue weighted by Gasteiger charge is -2.12. The highest BCUT2D eigenvalue weighted by molar-refractivity contribution is 6.06. The lowest BCUT2D eigenvalue weighted by molar-refractivity contribution is 0.476. The minimum atomic E-state index is 0.230. The number of aryl methyl sites for hydroxylation is 1. The molecule has 0 radical (unpaired) electrons. The number of aromatic hydroxyl groups is 1. The molecule has 38 heavy (non-hydrogen) atoms. The average Bonchev–Trinajstić information content (AvgIpc) is 3.35. The number of hydrogen-bond donors (Lipinski definition) is 1. The summed E-state index contributed by atoms with van der Waals surface area (Å²) in [4.78, 5) is 9.94. The number of nitrogens with zero attached hydrogens (tertiary/aromatic N) is 3. The van der Waals surface area contributed by atoms with Crippen LogP contribution in [-0.2, 0) is 6.54 Å². The molecule has 4 heteroatoms. The van der Waals surface area contributed by atoms with Crippen molar-refractivity contribution in [1.29, 1.82) is 0 Å². The molecule has 0 spiro atoms. The smallest absolute Gasteiger partial charge is 0.144 e. The van der Waals surface area contributed by atoms with E-state index in [1.165, 1.54) is 10.8 Å². The Kier molecular flexibility index (Phi) is 5.19. The quantitative estimate of drug-likeness (QED) is 0.269. The lowest BCUT2D eigenvalue weighted by atomic mass is 9.93. The van der Waals surface area contributed by atoms with E-state index in [0.29, 0.717) is 0 Å². The Morgan fingerprint density at radius 2 is 1.42 bits per heavy atom. The summed E-state index contributed by atoms with van der Waals surface area (Å²) in [7, 11) is 0. The van der Waals surface area contributed by atoms with Crippen LogP contribution in [0.3, 0.4) is 0 Å². The zero-order valence-corrected chi connectivity index (χ0v) is 21.0. The Labute approximate surface area is 220 Å². The summed E-state index contributed by atoms with van der Waals surface area (Å²) >= 11 is 0. The van der Waals surface area contributed by atoms with Gasteiger partial charge in [-0.2, -0.15) is 0 Å². The first-order valence-corrected chi connectivity index (χ1v) is 12.9. The zero-order chi connectivity index (χ0) is 25.6. The molecule has 182 valence electrons. The summed E-state index contributed by atoms with van der Waals surface area (Å²) in [5, 5.41) is 15.2. The average molecular weight is 492 g/mol. The van der Waals surface area contributed by atoms with E-state index in [9.17, 15) is 5.11 Å². The monoisotopic (exact) mass is 491 g/mol. The number of aromatic nitrogens is 3. The minimum Gasteiger partial charge on any atom is -0.507 e. The van der Waals surface area contributed by atoms with Crippen LogP contribution in [-0.4, -0.2) is 19.6 Å². The van der Waals surface area contributed by atoms with Gasteiger partial charge in [-0.05, 0) is 65.0 Å². The van der Waals surface area contributed by atoms with Crippen molar-refractivity contribution in [2.45, 2.75) is 13.5 Å². The molecular weight excluding hydrogens is 466 g/mol. The van der Waals surface area contributed by atoms with Crippen molar-refractivity contribution < 1.29 is 5.11 Å². The fraction of sp³-hybridized carbons (Fsp3) is 0.0588. The van der Waals surface area contributed by atoms with Crippen LogP contribution in [0.5, 0.6) is 5.75 Å². The number of para-hydroxylation sites is 2. The van der Waals surface area contributed by atoms with Gasteiger partial charge in [-0.15, -0.1) is 0 Å². The minimum absolute atomic E-state index is 0.230. The summed E-state index contributed by atoms with van der Waals surface area (Å²) in [5.74, 6) is 0.999. The highest BCUT2D eigenvalue weighted by Gasteiger charge is 2.19. The van der Waals surface area contributed by atoms with Gasteiger partial charge in [-0.25, -0.2) is 4.98 Å². The SMILES string of the molecule is CCn1c(-c2ccccc2O)nc2c(-c3cc(-c4cc5ccccc5cn4)cc4ccccc34)cccc21. The first-order chi connectivity index (χ1) is 18.7. The van der Waals surface area contributed by atoms with Crippen LogP contribution in [0.25, 0.3) is 66.4 Å². The summed E-state index contributed by atoms with van der Waals surface area (Å²) in [6.45, 7) is 2.85. The fourth-order valence-corrected chi connectivity index (χ4v) is 5.48. The van der Waals surface area contributed by atoms with Crippen molar-refractivity contribution in [2.24, 2.45) is 0 Å². The third-order valence-corrected chi connectivity index (χ3v) is 7.32. The van der Waals surface area contributed by atoms with Crippen LogP contribution in [0, 0.1) is 0 Å². The molecule has 5 aromatic carbocycles. The fourth-order valence-electron chi connectivity index (χ4n) is 5.48. The van der Waals surface area contributed by atoms with Crippen molar-refractivity contribution in [2.75, 3.05) is 0 Å². The molecule has 0 amide bonds. The maximum atomic E-state index is 10.6. The number of pyridine rings is 1. The summed E-state index contributed by atoms with van der Waals surface area (Å²) in [6.07, 6.45) is 1.95. The zero-order valence-electron chi connectivity index (χ0n) is 21.0. The Morgan fingerprint density at radius 1 is 0.684 bits per heavy atom. The van der Waals surface area contributed by atoms with Gasteiger partial charge in [0.05, 0.1) is 22.3 Å². The van der Waals surface area contributed by atoms with Gasteiger partial charge in [0.15, 0.2) is 0 Å². The van der Waals surface area contributed by atoms with Gasteiger partial charge >= 0.3 is 0 Å². The number of benzene rings is 5. The van der Waals surface area contributed by atoms with Crippen molar-refractivity contribution in [3.05, 3.63) is 115 Å². The van der Waals surface area contributed by atoms with Gasteiger partial charge in [-0.1, -0.05) is 72.8 Å². The molecule has 0 unspecified atom stereocenters. The highest BCUT2D eigenvalue weighted by atomic mass is 16.3. The molecule has 0 saturated carbocycles. The number of imidazole rings is 1. The predicted octanol–water partition coefficient (Wildman–Crippen LogP) is 8.46. The van der Waals surface area contributed by atoms with E-state index in [1.807, 2.05) is 30.5 Å². The summed E-state index contributed by atoms with van der Waals surface area (Å²) in [6, 6.07) is 37.1. The summed E-state index contributed by atoms with van der Waals surface area (Å²) < 4.78 is 2.17. The number of phenols is 1. The molecule has 4 nitrogen and oxygen atoms in total. The van der Waals surface area contributed by atoms with Gasteiger partial charge in [0.25, 0.3) is 0 Å². The Hall–Kier alpha value is -4.96. The third-order valence-electron chi connectivity index (χ3n) is 7.32. The van der Waals surface area contributed by atoms with Crippen LogP contribution >= 0.6 is 0 Å². The van der Waals surface area contributed by atoms with Gasteiger partial charge < -0.3 is 9.67 Å². The van der Waals surface area contributed by atoms with E-state index in [1.54, 1.807) is 6.07 Å². The molecule has 0 atom stereocenters. The van der Waals surface area contributed by atoms with Gasteiger partial charge in [0, 0.05) is 29.3 Å². The maximum absolute atomic E-state index is 10.6. The van der Waals surface area contributed by atoms with E-state index in [4.69, 9.17) is 9.97 Å². The van der Waals surface area contributed by atoms with Crippen molar-refractivity contribution in [3.63, 3.8) is 0 Å². The molecule has 0 fully saturated rings. The number of fused-ring (bicyclic) bond motifs is 3. The van der Waals surface area contributed by atoms with Crippen LogP contribution < -0.4 is 0 Å². The molecule has 2 aromatic heterocycles. The molecule has 7 aromatic rings. The maximum Gasteiger partial charge on any atom is 0.144 e. The van der Waals surface area contributed by atoms with Crippen LogP contribution in [0.1, 0.15) is 6.92 Å². The first-order valence-electron chi connectivity index (χ1n) is 12.9. The standard InChI is InChI=1S/C34H25N3O/c1-2-37-31-16-9-15-27(33(31)36-34(37)28-14-7-8-17-32(28)38)29-19-25(18-23-11-5-6-13-26(23)29)30-20-22-10-3-4-12-24(22)21-35-30/h3-21,38H,2H2,1H3. The molecule has 1 N–H and O–H groups in total. The topological polar surface area (TPSA) is 50.9 Å². The largest absolute Gasteiger partial charge is 0.507 e. The van der Waals surface area contributed by atoms with E-state index in [0.717, 1.165) is 62.1 Å². The Balaban J connectivity index is 1.50. The molecular formula is C34H25N3O. The van der Waals surface area contributed by atoms with Gasteiger partial charge in [0.2, 0.25) is 0 Å². The highest BCUT2D eigenvalue weighted by Crippen LogP contribution is 2.39. The normalized spacial score (nSPS) is 11.5. The van der Waals surface area contributed by atoms with E-state index < -0.39 is 0 Å². The number of rotatable bonds is 4. The molecule has 0 bridgehead atoms. The summed E-state index contributed by atoms with van der Waals surface area (Å²) in [5.41, 5.74) is 6.88. The van der Waals surface area contributed by atoms with Gasteiger partial charge in [-0.3, -0.25) is 4.98 Å². The van der Waals surface area contributed by atoms with Crippen LogP contribution in [0.15, 0.2) is 115 Å². The molecule has 2 heterocycles. The second-order valence-electron chi connectivity index (χ2n) is 9.53. The van der Waals surface area contributed by atoms with Crippen LogP contribution in [0.2, 0.25) is 0 Å². The molecule has 0 saturated heterocycles. The van der Waals surface area contributed by atoms with E-state index in [2.05, 4.69) is 90.4 Å². The van der Waals surface area contributed by atoms with Crippen LogP contribution in [0.4, 0.5) is 0 Å². The Bertz CT molecular complexity index is 1990. The lowest BCUT2D eigenvalue weighted by Crippen LogP contribution is -1.97. The number of phenolic OH excluding ortho intramolecular Hbond substituents is 1. The van der Waals surface area contributed by atoms with Crippen molar-refractivity contribution >= 4 is 32.6 Å². The molecule has 7 rings (SSSR count). The molecule has 0 aliphatic carbocycles. The number of hydrogen-bond acceptors (Lipinski definition) is 3. The van der Waals surface area contributed by atoms with Crippen molar-refractivity contribution in [3.8, 4) is 39.5 Å². The molecule has 0 aliphatic heterocycles.